The van der Waals surface area contributed by atoms with E-state index in [2.05, 4.69) is 17.3 Å². The van der Waals surface area contributed by atoms with Crippen LogP contribution in [0.1, 0.15) is 26.5 Å². The summed E-state index contributed by atoms with van der Waals surface area (Å²) in [5.74, 6) is -0.458. The molecule has 1 aromatic rings. The lowest BCUT2D eigenvalue weighted by Crippen LogP contribution is -2.45. The van der Waals surface area contributed by atoms with Gasteiger partial charge in [-0.2, -0.15) is 5.10 Å². The zero-order valence-corrected chi connectivity index (χ0v) is 11.0. The summed E-state index contributed by atoms with van der Waals surface area (Å²) in [6.45, 7) is 7.29. The smallest absolute Gasteiger partial charge is 0.162 e. The Morgan fingerprint density at radius 1 is 1.47 bits per heavy atom. The number of hydrogen-bond donors (Lipinski definition) is 1. The first-order valence-corrected chi connectivity index (χ1v) is 6.07. The van der Waals surface area contributed by atoms with Crippen molar-refractivity contribution in [3.63, 3.8) is 0 Å². The molecule has 1 aliphatic heterocycles. The van der Waals surface area contributed by atoms with Crippen LogP contribution in [0.25, 0.3) is 0 Å². The SMILES string of the molecule is CCc1nn(C)cc1NC1COC(C)(C)OC1. The van der Waals surface area contributed by atoms with Crippen molar-refractivity contribution in [3.8, 4) is 0 Å². The summed E-state index contributed by atoms with van der Waals surface area (Å²) in [6, 6.07) is 0.192. The van der Waals surface area contributed by atoms with Gasteiger partial charge in [0.05, 0.1) is 30.6 Å². The molecule has 1 fully saturated rings. The van der Waals surface area contributed by atoms with Gasteiger partial charge in [0.15, 0.2) is 5.79 Å². The van der Waals surface area contributed by atoms with E-state index in [0.717, 1.165) is 17.8 Å². The van der Waals surface area contributed by atoms with Crippen LogP contribution in [-0.4, -0.2) is 34.8 Å². The molecule has 17 heavy (non-hydrogen) atoms. The van der Waals surface area contributed by atoms with Gasteiger partial charge in [-0.3, -0.25) is 4.68 Å². The molecule has 5 heteroatoms. The molecule has 1 saturated heterocycles. The van der Waals surface area contributed by atoms with Crippen LogP contribution < -0.4 is 5.32 Å². The maximum atomic E-state index is 5.62. The van der Waals surface area contributed by atoms with Crippen LogP contribution in [0.4, 0.5) is 5.69 Å². The van der Waals surface area contributed by atoms with Crippen molar-refractivity contribution in [3.05, 3.63) is 11.9 Å². The van der Waals surface area contributed by atoms with E-state index in [0.29, 0.717) is 13.2 Å². The Labute approximate surface area is 102 Å². The second kappa shape index (κ2) is 4.66. The van der Waals surface area contributed by atoms with Crippen LogP contribution in [0.3, 0.4) is 0 Å². The summed E-state index contributed by atoms with van der Waals surface area (Å²) in [7, 11) is 1.93. The molecule has 0 radical (unpaired) electrons. The lowest BCUT2D eigenvalue weighted by Gasteiger charge is -2.35. The summed E-state index contributed by atoms with van der Waals surface area (Å²) in [5, 5.41) is 7.82. The average molecular weight is 239 g/mol. The van der Waals surface area contributed by atoms with Crippen molar-refractivity contribution in [1.29, 1.82) is 0 Å². The molecule has 2 heterocycles. The molecule has 0 spiro atoms. The summed E-state index contributed by atoms with van der Waals surface area (Å²) in [6.07, 6.45) is 2.92. The summed E-state index contributed by atoms with van der Waals surface area (Å²) >= 11 is 0. The van der Waals surface area contributed by atoms with Crippen LogP contribution in [0.2, 0.25) is 0 Å². The predicted octanol–water partition coefficient (Wildman–Crippen LogP) is 1.55. The molecule has 0 unspecified atom stereocenters. The first-order valence-electron chi connectivity index (χ1n) is 6.07. The number of rotatable bonds is 3. The van der Waals surface area contributed by atoms with Crippen molar-refractivity contribution in [2.24, 2.45) is 7.05 Å². The topological polar surface area (TPSA) is 48.3 Å². The van der Waals surface area contributed by atoms with E-state index >= 15 is 0 Å². The minimum atomic E-state index is -0.458. The summed E-state index contributed by atoms with van der Waals surface area (Å²) in [4.78, 5) is 0. The standard InChI is InChI=1S/C12H21N3O2/c1-5-10-11(6-15(4)14-10)13-9-7-16-12(2,3)17-8-9/h6,9,13H,5,7-8H2,1-4H3. The van der Waals surface area contributed by atoms with Gasteiger partial charge in [-0.1, -0.05) is 6.92 Å². The molecule has 1 aliphatic rings. The Bertz CT molecular complexity index is 377. The lowest BCUT2D eigenvalue weighted by atomic mass is 10.2. The van der Waals surface area contributed by atoms with Gasteiger partial charge in [-0.25, -0.2) is 0 Å². The molecule has 1 N–H and O–H groups in total. The molecule has 0 aromatic carbocycles. The van der Waals surface area contributed by atoms with Crippen molar-refractivity contribution in [2.75, 3.05) is 18.5 Å². The van der Waals surface area contributed by atoms with Gasteiger partial charge >= 0.3 is 0 Å². The third-order valence-corrected chi connectivity index (χ3v) is 2.86. The Kier molecular flexibility index (Phi) is 3.40. The fourth-order valence-corrected chi connectivity index (χ4v) is 1.91. The van der Waals surface area contributed by atoms with Gasteiger partial charge in [0.25, 0.3) is 0 Å². The minimum Gasteiger partial charge on any atom is -0.375 e. The van der Waals surface area contributed by atoms with Crippen molar-refractivity contribution in [1.82, 2.24) is 9.78 Å². The molecule has 0 bridgehead atoms. The average Bonchev–Trinajstić information content (AvgIpc) is 2.62. The predicted molar refractivity (Wildman–Crippen MR) is 66.0 cm³/mol. The van der Waals surface area contributed by atoms with Crippen LogP contribution in [0.15, 0.2) is 6.20 Å². The van der Waals surface area contributed by atoms with Crippen LogP contribution in [0.5, 0.6) is 0 Å². The molecule has 0 amide bonds. The number of anilines is 1. The van der Waals surface area contributed by atoms with E-state index in [1.807, 2.05) is 31.8 Å². The highest BCUT2D eigenvalue weighted by Gasteiger charge is 2.28. The highest BCUT2D eigenvalue weighted by Crippen LogP contribution is 2.21. The summed E-state index contributed by atoms with van der Waals surface area (Å²) < 4.78 is 13.1. The third kappa shape index (κ3) is 2.98. The molecule has 0 saturated carbocycles. The second-order valence-electron chi connectivity index (χ2n) is 4.88. The lowest BCUT2D eigenvalue weighted by molar-refractivity contribution is -0.247. The quantitative estimate of drug-likeness (QED) is 0.869. The maximum Gasteiger partial charge on any atom is 0.162 e. The Morgan fingerprint density at radius 3 is 2.71 bits per heavy atom. The molecule has 96 valence electrons. The molecule has 5 nitrogen and oxygen atoms in total. The Hall–Kier alpha value is -1.07. The third-order valence-electron chi connectivity index (χ3n) is 2.86. The highest BCUT2D eigenvalue weighted by molar-refractivity contribution is 5.47. The van der Waals surface area contributed by atoms with Gasteiger partial charge in [-0.05, 0) is 20.3 Å². The molecule has 2 rings (SSSR count). The van der Waals surface area contributed by atoms with Crippen LogP contribution in [0, 0.1) is 0 Å². The monoisotopic (exact) mass is 239 g/mol. The second-order valence-corrected chi connectivity index (χ2v) is 4.88. The zero-order valence-electron chi connectivity index (χ0n) is 11.0. The molecule has 0 aliphatic carbocycles. The maximum absolute atomic E-state index is 5.62. The van der Waals surface area contributed by atoms with E-state index in [4.69, 9.17) is 9.47 Å². The fraction of sp³-hybridized carbons (Fsp3) is 0.750. The first-order chi connectivity index (χ1) is 8.00. The number of aryl methyl sites for hydroxylation is 2. The van der Waals surface area contributed by atoms with E-state index in [1.54, 1.807) is 0 Å². The fourth-order valence-electron chi connectivity index (χ4n) is 1.91. The van der Waals surface area contributed by atoms with Crippen molar-refractivity contribution in [2.45, 2.75) is 39.0 Å². The normalized spacial score (nSPS) is 20.5. The Balaban J connectivity index is 1.97. The number of hydrogen-bond acceptors (Lipinski definition) is 4. The minimum absolute atomic E-state index is 0.192. The van der Waals surface area contributed by atoms with Crippen molar-refractivity contribution < 1.29 is 9.47 Å². The Morgan fingerprint density at radius 2 is 2.12 bits per heavy atom. The highest BCUT2D eigenvalue weighted by atomic mass is 16.7. The molecular formula is C12H21N3O2. The molecular weight excluding hydrogens is 218 g/mol. The van der Waals surface area contributed by atoms with Crippen LogP contribution >= 0.6 is 0 Å². The van der Waals surface area contributed by atoms with Gasteiger partial charge < -0.3 is 14.8 Å². The molecule has 0 atom stereocenters. The van der Waals surface area contributed by atoms with Gasteiger partial charge in [-0.15, -0.1) is 0 Å². The van der Waals surface area contributed by atoms with E-state index in [-0.39, 0.29) is 6.04 Å². The van der Waals surface area contributed by atoms with Crippen molar-refractivity contribution >= 4 is 5.69 Å². The van der Waals surface area contributed by atoms with E-state index < -0.39 is 5.79 Å². The number of nitrogens with zero attached hydrogens (tertiary/aromatic N) is 2. The number of ether oxygens (including phenoxy) is 2. The van der Waals surface area contributed by atoms with E-state index in [9.17, 15) is 0 Å². The molecule has 1 aromatic heterocycles. The van der Waals surface area contributed by atoms with Gasteiger partial charge in [0.2, 0.25) is 0 Å². The zero-order chi connectivity index (χ0) is 12.5. The van der Waals surface area contributed by atoms with E-state index in [1.165, 1.54) is 0 Å². The first kappa shape index (κ1) is 12.4. The number of nitrogens with one attached hydrogen (secondary N) is 1. The van der Waals surface area contributed by atoms with Gasteiger partial charge in [0, 0.05) is 13.2 Å². The van der Waals surface area contributed by atoms with Gasteiger partial charge in [0.1, 0.15) is 0 Å². The summed E-state index contributed by atoms with van der Waals surface area (Å²) in [5.41, 5.74) is 2.16. The largest absolute Gasteiger partial charge is 0.375 e. The number of aromatic nitrogens is 2. The van der Waals surface area contributed by atoms with Crippen LogP contribution in [-0.2, 0) is 22.9 Å².